The Morgan fingerprint density at radius 1 is 1.30 bits per heavy atom. The average Bonchev–Trinajstić information content (AvgIpc) is 1.88. The second-order valence-electron chi connectivity index (χ2n) is 3.48. The van der Waals surface area contributed by atoms with Gasteiger partial charge in [0.2, 0.25) is 0 Å². The fourth-order valence-corrected chi connectivity index (χ4v) is 1.92. The first kappa shape index (κ1) is 7.77. The maximum atomic E-state index is 11.0. The molecule has 0 saturated heterocycles. The summed E-state index contributed by atoms with van der Waals surface area (Å²) >= 11 is 0. The molecule has 1 saturated carbocycles. The lowest BCUT2D eigenvalue weighted by Crippen LogP contribution is -2.22. The lowest BCUT2D eigenvalue weighted by Gasteiger charge is -2.26. The minimum Gasteiger partial charge on any atom is -0.300 e. The Kier molecular flexibility index (Phi) is 2.47. The summed E-state index contributed by atoms with van der Waals surface area (Å²) in [4.78, 5) is 11.0. The highest BCUT2D eigenvalue weighted by Crippen LogP contribution is 2.29. The largest absolute Gasteiger partial charge is 0.300 e. The van der Waals surface area contributed by atoms with Gasteiger partial charge in [0, 0.05) is 5.92 Å². The number of hydrogen-bond acceptors (Lipinski definition) is 1. The molecule has 0 unspecified atom stereocenters. The van der Waals surface area contributed by atoms with Gasteiger partial charge in [0.25, 0.3) is 0 Å². The Labute approximate surface area is 62.8 Å². The van der Waals surface area contributed by atoms with Crippen LogP contribution in [0.5, 0.6) is 0 Å². The number of rotatable bonds is 1. The normalized spacial score (nSPS) is 33.8. The molecule has 0 amide bonds. The zero-order valence-electron chi connectivity index (χ0n) is 6.89. The third-order valence-electron chi connectivity index (χ3n) is 2.63. The van der Waals surface area contributed by atoms with Crippen molar-refractivity contribution >= 4 is 5.78 Å². The second kappa shape index (κ2) is 3.18. The first-order chi connectivity index (χ1) is 4.72. The van der Waals surface area contributed by atoms with Crippen molar-refractivity contribution in [2.24, 2.45) is 11.8 Å². The molecule has 1 nitrogen and oxygen atoms in total. The highest BCUT2D eigenvalue weighted by atomic mass is 16.1. The third-order valence-corrected chi connectivity index (χ3v) is 2.63. The highest BCUT2D eigenvalue weighted by molar-refractivity contribution is 5.78. The van der Waals surface area contributed by atoms with Crippen LogP contribution < -0.4 is 0 Å². The molecule has 10 heavy (non-hydrogen) atoms. The van der Waals surface area contributed by atoms with Gasteiger partial charge in [0.1, 0.15) is 5.78 Å². The van der Waals surface area contributed by atoms with Crippen molar-refractivity contribution in [1.29, 1.82) is 0 Å². The summed E-state index contributed by atoms with van der Waals surface area (Å²) < 4.78 is 0. The van der Waals surface area contributed by atoms with Gasteiger partial charge in [-0.1, -0.05) is 26.2 Å². The molecule has 0 heterocycles. The second-order valence-corrected chi connectivity index (χ2v) is 3.48. The lowest BCUT2D eigenvalue weighted by molar-refractivity contribution is -0.123. The zero-order chi connectivity index (χ0) is 7.56. The van der Waals surface area contributed by atoms with Gasteiger partial charge in [-0.25, -0.2) is 0 Å². The van der Waals surface area contributed by atoms with E-state index in [1.165, 1.54) is 19.3 Å². The van der Waals surface area contributed by atoms with Gasteiger partial charge in [-0.15, -0.1) is 0 Å². The van der Waals surface area contributed by atoms with Gasteiger partial charge in [-0.3, -0.25) is 4.79 Å². The number of Topliss-reactive ketones (excluding diaryl/α,β-unsaturated/α-hetero) is 1. The van der Waals surface area contributed by atoms with E-state index in [1.807, 2.05) is 0 Å². The van der Waals surface area contributed by atoms with E-state index in [-0.39, 0.29) is 0 Å². The first-order valence-electron chi connectivity index (χ1n) is 4.22. The highest BCUT2D eigenvalue weighted by Gasteiger charge is 2.24. The van der Waals surface area contributed by atoms with Crippen molar-refractivity contribution in [2.75, 3.05) is 0 Å². The number of carbonyl (C=O) groups is 1. The van der Waals surface area contributed by atoms with E-state index in [0.717, 1.165) is 6.42 Å². The SMILES string of the molecule is CC(=O)[C@@H]1CCCC[C@@H]1C. The zero-order valence-corrected chi connectivity index (χ0v) is 6.89. The summed E-state index contributed by atoms with van der Waals surface area (Å²) in [6, 6.07) is 0. The molecule has 1 aliphatic rings. The molecule has 0 N–H and O–H groups in total. The molecule has 0 aromatic rings. The molecule has 1 aliphatic carbocycles. The van der Waals surface area contributed by atoms with Gasteiger partial charge in [-0.2, -0.15) is 0 Å². The van der Waals surface area contributed by atoms with Crippen LogP contribution in [0.3, 0.4) is 0 Å². The van der Waals surface area contributed by atoms with Crippen LogP contribution in [0.25, 0.3) is 0 Å². The molecule has 0 bridgehead atoms. The van der Waals surface area contributed by atoms with E-state index >= 15 is 0 Å². The fraction of sp³-hybridized carbons (Fsp3) is 0.889. The molecule has 1 fully saturated rings. The average molecular weight is 140 g/mol. The standard InChI is InChI=1S/C9H16O/c1-7-5-3-4-6-9(7)8(2)10/h7,9H,3-6H2,1-2H3/t7-,9+/m0/s1. The summed E-state index contributed by atoms with van der Waals surface area (Å²) in [6.45, 7) is 3.93. The predicted octanol–water partition coefficient (Wildman–Crippen LogP) is 2.40. The number of hydrogen-bond donors (Lipinski definition) is 0. The van der Waals surface area contributed by atoms with Gasteiger partial charge in [0.05, 0.1) is 0 Å². The van der Waals surface area contributed by atoms with E-state index in [2.05, 4.69) is 6.92 Å². The van der Waals surface area contributed by atoms with E-state index in [9.17, 15) is 4.79 Å². The van der Waals surface area contributed by atoms with Gasteiger partial charge >= 0.3 is 0 Å². The Bertz CT molecular complexity index is 129. The van der Waals surface area contributed by atoms with Crippen molar-refractivity contribution in [3.05, 3.63) is 0 Å². The van der Waals surface area contributed by atoms with Crippen LogP contribution in [0.1, 0.15) is 39.5 Å². The van der Waals surface area contributed by atoms with E-state index in [0.29, 0.717) is 17.6 Å². The molecule has 1 heteroatoms. The predicted molar refractivity (Wildman–Crippen MR) is 41.8 cm³/mol. The van der Waals surface area contributed by atoms with Crippen molar-refractivity contribution in [3.63, 3.8) is 0 Å². The van der Waals surface area contributed by atoms with E-state index in [1.54, 1.807) is 6.92 Å². The molecule has 58 valence electrons. The van der Waals surface area contributed by atoms with Crippen LogP contribution in [-0.2, 0) is 4.79 Å². The Balaban J connectivity index is 2.47. The van der Waals surface area contributed by atoms with Gasteiger partial charge in [0.15, 0.2) is 0 Å². The Morgan fingerprint density at radius 2 is 1.90 bits per heavy atom. The third kappa shape index (κ3) is 1.59. The number of ketones is 1. The van der Waals surface area contributed by atoms with Crippen LogP contribution in [0.15, 0.2) is 0 Å². The van der Waals surface area contributed by atoms with Crippen LogP contribution in [-0.4, -0.2) is 5.78 Å². The minimum absolute atomic E-state index is 0.383. The molecule has 0 aliphatic heterocycles. The first-order valence-corrected chi connectivity index (χ1v) is 4.22. The van der Waals surface area contributed by atoms with Crippen LogP contribution in [0, 0.1) is 11.8 Å². The van der Waals surface area contributed by atoms with Crippen LogP contribution in [0.2, 0.25) is 0 Å². The molecule has 0 aromatic carbocycles. The van der Waals surface area contributed by atoms with Crippen molar-refractivity contribution < 1.29 is 4.79 Å². The maximum Gasteiger partial charge on any atom is 0.133 e. The van der Waals surface area contributed by atoms with E-state index < -0.39 is 0 Å². The fourth-order valence-electron chi connectivity index (χ4n) is 1.92. The summed E-state index contributed by atoms with van der Waals surface area (Å²) in [6.07, 6.45) is 4.97. The summed E-state index contributed by atoms with van der Waals surface area (Å²) in [5, 5.41) is 0. The van der Waals surface area contributed by atoms with Gasteiger partial charge < -0.3 is 0 Å². The summed E-state index contributed by atoms with van der Waals surface area (Å²) in [5.41, 5.74) is 0. The van der Waals surface area contributed by atoms with Crippen molar-refractivity contribution in [1.82, 2.24) is 0 Å². The van der Waals surface area contributed by atoms with Crippen LogP contribution in [0.4, 0.5) is 0 Å². The molecule has 0 aromatic heterocycles. The lowest BCUT2D eigenvalue weighted by atomic mass is 9.78. The summed E-state index contributed by atoms with van der Waals surface area (Å²) in [5.74, 6) is 1.42. The molecule has 2 atom stereocenters. The van der Waals surface area contributed by atoms with Crippen LogP contribution >= 0.6 is 0 Å². The smallest absolute Gasteiger partial charge is 0.133 e. The van der Waals surface area contributed by atoms with E-state index in [4.69, 9.17) is 0 Å². The van der Waals surface area contributed by atoms with Crippen molar-refractivity contribution in [3.8, 4) is 0 Å². The van der Waals surface area contributed by atoms with Gasteiger partial charge in [-0.05, 0) is 19.3 Å². The molecule has 1 rings (SSSR count). The molecule has 0 radical (unpaired) electrons. The Morgan fingerprint density at radius 3 is 2.30 bits per heavy atom. The molecule has 0 spiro atoms. The molecular formula is C9H16O. The maximum absolute atomic E-state index is 11.0. The summed E-state index contributed by atoms with van der Waals surface area (Å²) in [7, 11) is 0. The monoisotopic (exact) mass is 140 g/mol. The minimum atomic E-state index is 0.383. The topological polar surface area (TPSA) is 17.1 Å². The quantitative estimate of drug-likeness (QED) is 0.546. The van der Waals surface area contributed by atoms with Crippen molar-refractivity contribution in [2.45, 2.75) is 39.5 Å². The Hall–Kier alpha value is -0.330. The molecular weight excluding hydrogens is 124 g/mol. The number of carbonyl (C=O) groups excluding carboxylic acids is 1.